The first kappa shape index (κ1) is 18.9. The van der Waals surface area contributed by atoms with Gasteiger partial charge in [-0.3, -0.25) is 9.52 Å². The van der Waals surface area contributed by atoms with Crippen LogP contribution in [-0.4, -0.2) is 14.3 Å². The number of aryl methyl sites for hydroxylation is 1. The summed E-state index contributed by atoms with van der Waals surface area (Å²) in [6.07, 6.45) is 0. The summed E-state index contributed by atoms with van der Waals surface area (Å²) < 4.78 is 27.8. The first-order chi connectivity index (χ1) is 12.9. The lowest BCUT2D eigenvalue weighted by Crippen LogP contribution is -2.18. The molecule has 0 unspecified atom stereocenters. The lowest BCUT2D eigenvalue weighted by molar-refractivity contribution is 0.102. The lowest BCUT2D eigenvalue weighted by Gasteiger charge is -2.13. The predicted octanol–water partition coefficient (Wildman–Crippen LogP) is 4.70. The van der Waals surface area contributed by atoms with Gasteiger partial charge in [0.15, 0.2) is 0 Å². The Bertz CT molecular complexity index is 1080. The molecule has 1 amide bonds. The normalized spacial score (nSPS) is 11.0. The first-order valence-corrected chi connectivity index (χ1v) is 9.97. The zero-order chi connectivity index (χ0) is 19.4. The van der Waals surface area contributed by atoms with Crippen molar-refractivity contribution in [2.24, 2.45) is 0 Å². The molecule has 0 aliphatic heterocycles. The number of sulfonamides is 1. The van der Waals surface area contributed by atoms with Gasteiger partial charge in [0.25, 0.3) is 15.9 Å². The molecule has 0 heterocycles. The molecule has 7 heteroatoms. The van der Waals surface area contributed by atoms with Crippen molar-refractivity contribution in [1.29, 1.82) is 0 Å². The third kappa shape index (κ3) is 4.48. The SMILES string of the molecule is Cc1ccc(S(=O)(=O)Nc2ccccc2C(=O)Nc2ccccc2Cl)cc1. The fourth-order valence-electron chi connectivity index (χ4n) is 2.44. The smallest absolute Gasteiger partial charge is 0.261 e. The molecule has 0 saturated heterocycles. The maximum absolute atomic E-state index is 12.6. The second kappa shape index (κ2) is 7.82. The molecule has 0 spiro atoms. The fourth-order valence-corrected chi connectivity index (χ4v) is 3.71. The van der Waals surface area contributed by atoms with Crippen molar-refractivity contribution in [1.82, 2.24) is 0 Å². The first-order valence-electron chi connectivity index (χ1n) is 8.11. The number of rotatable bonds is 5. The Labute approximate surface area is 163 Å². The summed E-state index contributed by atoms with van der Waals surface area (Å²) in [5.41, 5.74) is 1.77. The van der Waals surface area contributed by atoms with Crippen molar-refractivity contribution >= 4 is 38.9 Å². The molecule has 3 rings (SSSR count). The van der Waals surface area contributed by atoms with Crippen LogP contribution in [0.2, 0.25) is 5.02 Å². The maximum atomic E-state index is 12.6. The summed E-state index contributed by atoms with van der Waals surface area (Å²) >= 11 is 6.07. The number of carbonyl (C=O) groups is 1. The molecular formula is C20H17ClN2O3S. The minimum absolute atomic E-state index is 0.120. The largest absolute Gasteiger partial charge is 0.321 e. The Morgan fingerprint density at radius 1 is 0.852 bits per heavy atom. The third-order valence-electron chi connectivity index (χ3n) is 3.87. The highest BCUT2D eigenvalue weighted by Gasteiger charge is 2.19. The van der Waals surface area contributed by atoms with Gasteiger partial charge in [-0.25, -0.2) is 8.42 Å². The van der Waals surface area contributed by atoms with Crippen molar-refractivity contribution in [3.05, 3.63) is 88.9 Å². The van der Waals surface area contributed by atoms with Gasteiger partial charge in [0.1, 0.15) is 0 Å². The monoisotopic (exact) mass is 400 g/mol. The van der Waals surface area contributed by atoms with Gasteiger partial charge in [0.05, 0.1) is 26.9 Å². The van der Waals surface area contributed by atoms with Crippen LogP contribution < -0.4 is 10.0 Å². The Morgan fingerprint density at radius 3 is 2.11 bits per heavy atom. The summed E-state index contributed by atoms with van der Waals surface area (Å²) in [5.74, 6) is -0.467. The molecule has 0 bridgehead atoms. The molecule has 0 radical (unpaired) electrons. The number of hydrogen-bond donors (Lipinski definition) is 2. The second-order valence-electron chi connectivity index (χ2n) is 5.90. The van der Waals surface area contributed by atoms with Gasteiger partial charge in [-0.15, -0.1) is 0 Å². The zero-order valence-electron chi connectivity index (χ0n) is 14.4. The van der Waals surface area contributed by atoms with Crippen molar-refractivity contribution in [2.45, 2.75) is 11.8 Å². The Balaban J connectivity index is 1.89. The second-order valence-corrected chi connectivity index (χ2v) is 7.99. The van der Waals surface area contributed by atoms with E-state index >= 15 is 0 Å². The number of halogens is 1. The average Bonchev–Trinajstić information content (AvgIpc) is 2.64. The zero-order valence-corrected chi connectivity index (χ0v) is 16.0. The van der Waals surface area contributed by atoms with Crippen molar-refractivity contribution in [2.75, 3.05) is 10.0 Å². The van der Waals surface area contributed by atoms with Crippen LogP contribution in [0.1, 0.15) is 15.9 Å². The maximum Gasteiger partial charge on any atom is 0.261 e. The van der Waals surface area contributed by atoms with Crippen LogP contribution in [-0.2, 0) is 10.0 Å². The van der Waals surface area contributed by atoms with Gasteiger partial charge in [-0.2, -0.15) is 0 Å². The third-order valence-corrected chi connectivity index (χ3v) is 5.58. The molecule has 0 aliphatic rings. The van der Waals surface area contributed by atoms with Crippen LogP contribution in [0.5, 0.6) is 0 Å². The Morgan fingerprint density at radius 2 is 1.44 bits per heavy atom. The van der Waals surface area contributed by atoms with Crippen LogP contribution >= 0.6 is 11.6 Å². The number of carbonyl (C=O) groups excluding carboxylic acids is 1. The van der Waals surface area contributed by atoms with Crippen LogP contribution in [0.3, 0.4) is 0 Å². The summed E-state index contributed by atoms with van der Waals surface area (Å²) in [5, 5.41) is 3.09. The highest BCUT2D eigenvalue weighted by atomic mass is 35.5. The van der Waals surface area contributed by atoms with Crippen molar-refractivity contribution in [3.8, 4) is 0 Å². The molecule has 0 saturated carbocycles. The average molecular weight is 401 g/mol. The van der Waals surface area contributed by atoms with Crippen LogP contribution in [0.4, 0.5) is 11.4 Å². The number of nitrogens with one attached hydrogen (secondary N) is 2. The van der Waals surface area contributed by atoms with E-state index in [1.807, 2.05) is 6.92 Å². The van der Waals surface area contributed by atoms with E-state index in [4.69, 9.17) is 11.6 Å². The van der Waals surface area contributed by atoms with Crippen LogP contribution in [0.25, 0.3) is 0 Å². The predicted molar refractivity (Wildman–Crippen MR) is 108 cm³/mol. The van der Waals surface area contributed by atoms with Crippen molar-refractivity contribution < 1.29 is 13.2 Å². The summed E-state index contributed by atoms with van der Waals surface area (Å²) in [4.78, 5) is 12.8. The number of anilines is 2. The summed E-state index contributed by atoms with van der Waals surface area (Å²) in [7, 11) is -3.82. The van der Waals surface area contributed by atoms with Gasteiger partial charge in [0.2, 0.25) is 0 Å². The van der Waals surface area contributed by atoms with Crippen LogP contribution in [0.15, 0.2) is 77.7 Å². The molecule has 0 aliphatic carbocycles. The van der Waals surface area contributed by atoms with Crippen LogP contribution in [0, 0.1) is 6.92 Å². The highest BCUT2D eigenvalue weighted by Crippen LogP contribution is 2.24. The molecular weight excluding hydrogens is 384 g/mol. The Hall–Kier alpha value is -2.83. The molecule has 3 aromatic rings. The standard InChI is InChI=1S/C20H17ClN2O3S/c1-14-10-12-15(13-11-14)27(25,26)23-18-8-4-2-6-16(18)20(24)22-19-9-5-3-7-17(19)21/h2-13,23H,1H3,(H,22,24). The van der Waals surface area contributed by atoms with E-state index in [0.29, 0.717) is 10.7 Å². The quantitative estimate of drug-likeness (QED) is 0.651. The molecule has 138 valence electrons. The molecule has 3 aromatic carbocycles. The molecule has 5 nitrogen and oxygen atoms in total. The Kier molecular flexibility index (Phi) is 5.48. The minimum atomic E-state index is -3.82. The molecule has 2 N–H and O–H groups in total. The molecule has 0 atom stereocenters. The highest BCUT2D eigenvalue weighted by molar-refractivity contribution is 7.92. The van der Waals surface area contributed by atoms with E-state index in [1.54, 1.807) is 54.6 Å². The summed E-state index contributed by atoms with van der Waals surface area (Å²) in [6.45, 7) is 1.87. The number of hydrogen-bond acceptors (Lipinski definition) is 3. The number of para-hydroxylation sites is 2. The number of benzene rings is 3. The molecule has 27 heavy (non-hydrogen) atoms. The van der Waals surface area contributed by atoms with E-state index in [-0.39, 0.29) is 16.1 Å². The lowest BCUT2D eigenvalue weighted by atomic mass is 10.1. The van der Waals surface area contributed by atoms with Gasteiger partial charge < -0.3 is 5.32 Å². The fraction of sp³-hybridized carbons (Fsp3) is 0.0500. The van der Waals surface area contributed by atoms with Gasteiger partial charge in [-0.05, 0) is 43.3 Å². The van der Waals surface area contributed by atoms with Gasteiger partial charge in [-0.1, -0.05) is 53.6 Å². The van der Waals surface area contributed by atoms with E-state index in [1.165, 1.54) is 18.2 Å². The van der Waals surface area contributed by atoms with Crippen molar-refractivity contribution in [3.63, 3.8) is 0 Å². The van der Waals surface area contributed by atoms with Gasteiger partial charge >= 0.3 is 0 Å². The topological polar surface area (TPSA) is 75.3 Å². The molecule has 0 aromatic heterocycles. The number of amides is 1. The van der Waals surface area contributed by atoms with E-state index in [2.05, 4.69) is 10.0 Å². The van der Waals surface area contributed by atoms with Gasteiger partial charge in [0, 0.05) is 0 Å². The van der Waals surface area contributed by atoms with E-state index < -0.39 is 15.9 Å². The minimum Gasteiger partial charge on any atom is -0.321 e. The van der Waals surface area contributed by atoms with E-state index in [9.17, 15) is 13.2 Å². The summed E-state index contributed by atoms with van der Waals surface area (Å²) in [6, 6.07) is 19.7. The molecule has 0 fully saturated rings. The van der Waals surface area contributed by atoms with E-state index in [0.717, 1.165) is 5.56 Å².